The molecule has 4 aliphatic rings. The van der Waals surface area contributed by atoms with Crippen LogP contribution in [0.15, 0.2) is 6.20 Å². The number of aromatic amines is 1. The van der Waals surface area contributed by atoms with E-state index in [1.165, 1.54) is 11.3 Å². The van der Waals surface area contributed by atoms with Crippen LogP contribution in [-0.4, -0.2) is 76.2 Å². The van der Waals surface area contributed by atoms with Gasteiger partial charge in [-0.15, -0.1) is 0 Å². The van der Waals surface area contributed by atoms with Crippen molar-refractivity contribution >= 4 is 11.8 Å². The SMILES string of the molecule is CCc1cn[nH]c1C1CCN(C(=O)[C@H]2[C@@H]3CC[C@@]4(CN(CCN)C(=O)[C@@H]24)O3)CC1. The minimum absolute atomic E-state index is 0.0657. The number of carbonyl (C=O) groups is 2. The number of likely N-dealkylation sites (tertiary alicyclic amines) is 2. The van der Waals surface area contributed by atoms with E-state index < -0.39 is 5.60 Å². The Labute approximate surface area is 171 Å². The maximum Gasteiger partial charge on any atom is 0.229 e. The lowest BCUT2D eigenvalue weighted by molar-refractivity contribution is -0.145. The van der Waals surface area contributed by atoms with Crippen LogP contribution >= 0.6 is 0 Å². The third kappa shape index (κ3) is 2.83. The number of hydrogen-bond acceptors (Lipinski definition) is 5. The number of amides is 2. The summed E-state index contributed by atoms with van der Waals surface area (Å²) in [6, 6.07) is 0. The number of piperidine rings is 1. The van der Waals surface area contributed by atoms with Crippen LogP contribution in [0.4, 0.5) is 0 Å². The van der Waals surface area contributed by atoms with E-state index >= 15 is 0 Å². The molecule has 5 rings (SSSR count). The predicted molar refractivity (Wildman–Crippen MR) is 106 cm³/mol. The fourth-order valence-corrected chi connectivity index (χ4v) is 6.22. The van der Waals surface area contributed by atoms with E-state index in [4.69, 9.17) is 10.5 Å². The molecular weight excluding hydrogens is 370 g/mol. The van der Waals surface area contributed by atoms with E-state index in [9.17, 15) is 9.59 Å². The van der Waals surface area contributed by atoms with Crippen molar-refractivity contribution in [2.75, 3.05) is 32.7 Å². The van der Waals surface area contributed by atoms with Crippen molar-refractivity contribution in [2.45, 2.75) is 56.7 Å². The van der Waals surface area contributed by atoms with Gasteiger partial charge >= 0.3 is 0 Å². The standard InChI is InChI=1S/C21H31N5O3/c1-2-13-11-23-24-18(13)14-4-8-25(9-5-14)19(27)16-15-3-6-21(29-15)12-26(10-7-22)20(28)17(16)21/h11,14-17H,2-10,12,22H2,1H3,(H,23,24)/t15-,16-,17+,21-/m0/s1. The highest BCUT2D eigenvalue weighted by atomic mass is 16.5. The van der Waals surface area contributed by atoms with Crippen LogP contribution in [0.3, 0.4) is 0 Å². The molecule has 4 fully saturated rings. The van der Waals surface area contributed by atoms with Crippen molar-refractivity contribution in [3.8, 4) is 0 Å². The molecule has 5 heterocycles. The summed E-state index contributed by atoms with van der Waals surface area (Å²) in [5.74, 6) is -0.0437. The molecule has 2 bridgehead atoms. The summed E-state index contributed by atoms with van der Waals surface area (Å²) in [6.07, 6.45) is 6.40. The summed E-state index contributed by atoms with van der Waals surface area (Å²) in [5, 5.41) is 7.37. The molecule has 4 atom stereocenters. The van der Waals surface area contributed by atoms with Gasteiger partial charge in [-0.3, -0.25) is 14.7 Å². The van der Waals surface area contributed by atoms with Crippen molar-refractivity contribution in [3.05, 3.63) is 17.5 Å². The molecule has 1 aromatic rings. The molecule has 1 aromatic heterocycles. The fourth-order valence-electron chi connectivity index (χ4n) is 6.22. The minimum Gasteiger partial charge on any atom is -0.368 e. The van der Waals surface area contributed by atoms with Gasteiger partial charge in [-0.2, -0.15) is 5.10 Å². The van der Waals surface area contributed by atoms with Crippen molar-refractivity contribution < 1.29 is 14.3 Å². The minimum atomic E-state index is -0.457. The zero-order chi connectivity index (χ0) is 20.2. The first-order valence-electron chi connectivity index (χ1n) is 11.1. The van der Waals surface area contributed by atoms with Crippen LogP contribution in [0.2, 0.25) is 0 Å². The first kappa shape index (κ1) is 19.1. The van der Waals surface area contributed by atoms with Crippen molar-refractivity contribution in [1.29, 1.82) is 0 Å². The van der Waals surface area contributed by atoms with Gasteiger partial charge in [-0.05, 0) is 37.7 Å². The Morgan fingerprint density at radius 1 is 1.38 bits per heavy atom. The number of fused-ring (bicyclic) bond motifs is 1. The molecule has 29 heavy (non-hydrogen) atoms. The lowest BCUT2D eigenvalue weighted by atomic mass is 9.72. The lowest BCUT2D eigenvalue weighted by Gasteiger charge is -2.36. The van der Waals surface area contributed by atoms with E-state index in [0.29, 0.717) is 25.6 Å². The molecule has 8 nitrogen and oxygen atoms in total. The molecule has 0 radical (unpaired) electrons. The number of ether oxygens (including phenoxy) is 1. The number of aromatic nitrogens is 2. The van der Waals surface area contributed by atoms with Crippen LogP contribution in [-0.2, 0) is 20.7 Å². The molecule has 4 aliphatic heterocycles. The first-order chi connectivity index (χ1) is 14.1. The number of aryl methyl sites for hydroxylation is 1. The second-order valence-electron chi connectivity index (χ2n) is 9.07. The van der Waals surface area contributed by atoms with Crippen LogP contribution in [0.25, 0.3) is 0 Å². The quantitative estimate of drug-likeness (QED) is 0.754. The fraction of sp³-hybridized carbons (Fsp3) is 0.762. The van der Waals surface area contributed by atoms with Gasteiger partial charge in [0.15, 0.2) is 0 Å². The maximum absolute atomic E-state index is 13.5. The van der Waals surface area contributed by atoms with Crippen molar-refractivity contribution in [3.63, 3.8) is 0 Å². The maximum atomic E-state index is 13.5. The Balaban J connectivity index is 1.29. The lowest BCUT2D eigenvalue weighted by Crippen LogP contribution is -2.49. The highest BCUT2D eigenvalue weighted by Gasteiger charge is 2.69. The van der Waals surface area contributed by atoms with E-state index in [1.807, 2.05) is 16.0 Å². The zero-order valence-electron chi connectivity index (χ0n) is 17.1. The second kappa shape index (κ2) is 7.09. The monoisotopic (exact) mass is 401 g/mol. The number of nitrogens with one attached hydrogen (secondary N) is 1. The van der Waals surface area contributed by atoms with Gasteiger partial charge in [0.1, 0.15) is 0 Å². The molecule has 1 spiro atoms. The van der Waals surface area contributed by atoms with Crippen LogP contribution in [0.5, 0.6) is 0 Å². The number of H-pyrrole nitrogens is 1. The van der Waals surface area contributed by atoms with E-state index in [1.54, 1.807) is 0 Å². The van der Waals surface area contributed by atoms with E-state index in [0.717, 1.165) is 45.2 Å². The predicted octanol–water partition coefficient (Wildman–Crippen LogP) is 0.643. The van der Waals surface area contributed by atoms with Crippen molar-refractivity contribution in [2.24, 2.45) is 17.6 Å². The molecule has 2 amide bonds. The molecule has 0 aromatic carbocycles. The van der Waals surface area contributed by atoms with Gasteiger partial charge in [0.25, 0.3) is 0 Å². The molecule has 3 N–H and O–H groups in total. The highest BCUT2D eigenvalue weighted by molar-refractivity contribution is 5.92. The van der Waals surface area contributed by atoms with Crippen molar-refractivity contribution in [1.82, 2.24) is 20.0 Å². The summed E-state index contributed by atoms with van der Waals surface area (Å²) < 4.78 is 6.30. The van der Waals surface area contributed by atoms with Gasteiger partial charge in [-0.1, -0.05) is 6.92 Å². The summed E-state index contributed by atoms with van der Waals surface area (Å²) in [5.41, 5.74) is 7.73. The Morgan fingerprint density at radius 2 is 2.17 bits per heavy atom. The Morgan fingerprint density at radius 3 is 2.90 bits per heavy atom. The Hall–Kier alpha value is -1.93. The number of nitrogens with zero attached hydrogens (tertiary/aromatic N) is 3. The Kier molecular flexibility index (Phi) is 4.66. The zero-order valence-corrected chi connectivity index (χ0v) is 17.1. The van der Waals surface area contributed by atoms with E-state index in [-0.39, 0.29) is 29.8 Å². The topological polar surface area (TPSA) is 105 Å². The largest absolute Gasteiger partial charge is 0.368 e. The number of rotatable bonds is 5. The van der Waals surface area contributed by atoms with Crippen LogP contribution in [0, 0.1) is 11.8 Å². The van der Waals surface area contributed by atoms with Crippen LogP contribution in [0.1, 0.15) is 49.8 Å². The Bertz CT molecular complexity index is 802. The summed E-state index contributed by atoms with van der Waals surface area (Å²) in [4.78, 5) is 30.3. The second-order valence-corrected chi connectivity index (χ2v) is 9.07. The van der Waals surface area contributed by atoms with Gasteiger partial charge in [-0.25, -0.2) is 0 Å². The van der Waals surface area contributed by atoms with Gasteiger partial charge < -0.3 is 20.3 Å². The molecule has 0 unspecified atom stereocenters. The number of carbonyl (C=O) groups excluding carboxylic acids is 2. The van der Waals surface area contributed by atoms with E-state index in [2.05, 4.69) is 17.1 Å². The first-order valence-corrected chi connectivity index (χ1v) is 11.1. The summed E-state index contributed by atoms with van der Waals surface area (Å²) in [6.45, 7) is 5.18. The summed E-state index contributed by atoms with van der Waals surface area (Å²) in [7, 11) is 0. The molecule has 0 saturated carbocycles. The molecular formula is C21H31N5O3. The normalized spacial score (nSPS) is 34.3. The average Bonchev–Trinajstić information content (AvgIpc) is 3.49. The number of hydrogen-bond donors (Lipinski definition) is 2. The molecule has 4 saturated heterocycles. The third-order valence-electron chi connectivity index (χ3n) is 7.63. The smallest absolute Gasteiger partial charge is 0.229 e. The molecule has 8 heteroatoms. The number of nitrogens with two attached hydrogens (primary N) is 1. The molecule has 158 valence electrons. The third-order valence-corrected chi connectivity index (χ3v) is 7.63. The average molecular weight is 402 g/mol. The summed E-state index contributed by atoms with van der Waals surface area (Å²) >= 11 is 0. The van der Waals surface area contributed by atoms with Crippen LogP contribution < -0.4 is 5.73 Å². The van der Waals surface area contributed by atoms with Gasteiger partial charge in [0, 0.05) is 37.8 Å². The van der Waals surface area contributed by atoms with Gasteiger partial charge in [0.2, 0.25) is 11.8 Å². The highest BCUT2D eigenvalue weighted by Crippen LogP contribution is 2.55. The van der Waals surface area contributed by atoms with Gasteiger partial charge in [0.05, 0.1) is 36.3 Å². The molecule has 0 aliphatic carbocycles.